The van der Waals surface area contributed by atoms with E-state index in [9.17, 15) is 8.42 Å². The van der Waals surface area contributed by atoms with Gasteiger partial charge in [-0.2, -0.15) is 4.31 Å². The number of thiocarbonyl (C=S) groups is 1. The molecule has 1 aliphatic rings. The second-order valence-corrected chi connectivity index (χ2v) is 7.14. The van der Waals surface area contributed by atoms with E-state index in [0.717, 1.165) is 24.8 Å². The van der Waals surface area contributed by atoms with Gasteiger partial charge in [0.25, 0.3) is 0 Å². The summed E-state index contributed by atoms with van der Waals surface area (Å²) in [5.74, 6) is 0. The lowest BCUT2D eigenvalue weighted by Gasteiger charge is -2.20. The van der Waals surface area contributed by atoms with Gasteiger partial charge in [0, 0.05) is 6.54 Å². The summed E-state index contributed by atoms with van der Waals surface area (Å²) in [5, 5.41) is 0. The van der Waals surface area contributed by atoms with Crippen LogP contribution >= 0.6 is 12.2 Å². The maximum absolute atomic E-state index is 12.5. The number of rotatable bonds is 5. The van der Waals surface area contributed by atoms with Crippen molar-refractivity contribution < 1.29 is 8.42 Å². The predicted molar refractivity (Wildman–Crippen MR) is 79.7 cm³/mol. The van der Waals surface area contributed by atoms with Gasteiger partial charge in [-0.05, 0) is 42.5 Å². The number of sulfonamides is 1. The highest BCUT2D eigenvalue weighted by Crippen LogP contribution is 2.26. The zero-order chi connectivity index (χ0) is 14.0. The van der Waals surface area contributed by atoms with Crippen molar-refractivity contribution in [1.82, 2.24) is 4.31 Å². The van der Waals surface area contributed by atoms with Gasteiger partial charge in [-0.25, -0.2) is 8.42 Å². The summed E-state index contributed by atoms with van der Waals surface area (Å²) in [4.78, 5) is 0.526. The predicted octanol–water partition coefficient (Wildman–Crippen LogP) is 1.47. The molecule has 0 fully saturated rings. The Morgan fingerprint density at radius 3 is 2.68 bits per heavy atom. The van der Waals surface area contributed by atoms with Gasteiger partial charge in [-0.1, -0.05) is 25.2 Å². The summed E-state index contributed by atoms with van der Waals surface area (Å²) in [6, 6.07) is 5.39. The molecular weight excluding hydrogens is 280 g/mol. The largest absolute Gasteiger partial charge is 0.392 e. The first-order valence-electron chi connectivity index (χ1n) is 6.35. The molecule has 0 amide bonds. The summed E-state index contributed by atoms with van der Waals surface area (Å²) in [5.41, 5.74) is 7.87. The fourth-order valence-corrected chi connectivity index (χ4v) is 4.11. The second-order valence-electron chi connectivity index (χ2n) is 4.68. The molecule has 0 radical (unpaired) electrons. The van der Waals surface area contributed by atoms with Gasteiger partial charge < -0.3 is 5.73 Å². The summed E-state index contributed by atoms with van der Waals surface area (Å²) in [6.45, 7) is 2.23. The van der Waals surface area contributed by atoms with Gasteiger partial charge in [0.05, 0.1) is 16.4 Å². The average molecular weight is 298 g/mol. The smallest absolute Gasteiger partial charge is 0.243 e. The van der Waals surface area contributed by atoms with E-state index in [1.54, 1.807) is 19.1 Å². The van der Waals surface area contributed by atoms with Crippen LogP contribution in [0.15, 0.2) is 23.1 Å². The molecule has 2 N–H and O–H groups in total. The number of hydrogen-bond donors (Lipinski definition) is 1. The van der Waals surface area contributed by atoms with Crippen molar-refractivity contribution in [1.29, 1.82) is 0 Å². The second kappa shape index (κ2) is 5.56. The van der Waals surface area contributed by atoms with E-state index >= 15 is 0 Å². The Morgan fingerprint density at radius 2 is 2.05 bits per heavy atom. The van der Waals surface area contributed by atoms with Crippen LogP contribution in [0.5, 0.6) is 0 Å². The number of hydrogen-bond acceptors (Lipinski definition) is 3. The molecule has 0 unspecified atom stereocenters. The van der Waals surface area contributed by atoms with Crippen molar-refractivity contribution in [3.8, 4) is 0 Å². The maximum atomic E-state index is 12.5. The molecule has 6 heteroatoms. The van der Waals surface area contributed by atoms with Crippen molar-refractivity contribution >= 4 is 27.2 Å². The van der Waals surface area contributed by atoms with E-state index in [-0.39, 0.29) is 11.5 Å². The van der Waals surface area contributed by atoms with Crippen LogP contribution in [0.1, 0.15) is 24.5 Å². The molecule has 1 aliphatic carbocycles. The first kappa shape index (κ1) is 14.4. The third-order valence-electron chi connectivity index (χ3n) is 3.39. The summed E-state index contributed by atoms with van der Waals surface area (Å²) in [7, 11) is -3.50. The molecule has 0 saturated carbocycles. The van der Waals surface area contributed by atoms with Crippen molar-refractivity contribution in [3.05, 3.63) is 29.3 Å². The van der Waals surface area contributed by atoms with Crippen LogP contribution < -0.4 is 5.73 Å². The van der Waals surface area contributed by atoms with E-state index in [0.29, 0.717) is 11.4 Å². The SMILES string of the molecule is CCN(CC(N)=S)S(=O)(=O)c1ccc2c(c1)CCC2. The van der Waals surface area contributed by atoms with Gasteiger partial charge in [0.15, 0.2) is 0 Å². The molecule has 0 atom stereocenters. The first-order valence-corrected chi connectivity index (χ1v) is 8.20. The van der Waals surface area contributed by atoms with Crippen LogP contribution in [0.2, 0.25) is 0 Å². The van der Waals surface area contributed by atoms with E-state index in [4.69, 9.17) is 18.0 Å². The molecule has 0 spiro atoms. The van der Waals surface area contributed by atoms with Gasteiger partial charge in [0.2, 0.25) is 10.0 Å². The number of likely N-dealkylation sites (N-methyl/N-ethyl adjacent to an activating group) is 1. The fraction of sp³-hybridized carbons (Fsp3) is 0.462. The third kappa shape index (κ3) is 2.96. The highest BCUT2D eigenvalue weighted by atomic mass is 32.2. The zero-order valence-corrected chi connectivity index (χ0v) is 12.6. The van der Waals surface area contributed by atoms with Crippen LogP contribution in [0.4, 0.5) is 0 Å². The minimum absolute atomic E-state index is 0.0885. The molecule has 1 aromatic rings. The van der Waals surface area contributed by atoms with Crippen LogP contribution in [0.25, 0.3) is 0 Å². The Hall–Kier alpha value is -0.980. The van der Waals surface area contributed by atoms with Crippen molar-refractivity contribution in [2.24, 2.45) is 5.73 Å². The number of nitrogens with zero attached hydrogens (tertiary/aromatic N) is 1. The molecule has 0 aromatic heterocycles. The van der Waals surface area contributed by atoms with E-state index < -0.39 is 10.0 Å². The number of fused-ring (bicyclic) bond motifs is 1. The maximum Gasteiger partial charge on any atom is 0.243 e. The topological polar surface area (TPSA) is 63.4 Å². The molecule has 4 nitrogen and oxygen atoms in total. The fourth-order valence-electron chi connectivity index (χ4n) is 2.40. The average Bonchev–Trinajstić information content (AvgIpc) is 2.82. The Morgan fingerprint density at radius 1 is 1.37 bits per heavy atom. The molecule has 19 heavy (non-hydrogen) atoms. The molecule has 2 rings (SSSR count). The normalized spacial score (nSPS) is 14.6. The molecular formula is C13H18N2O2S2. The van der Waals surface area contributed by atoms with Crippen molar-refractivity contribution in [2.75, 3.05) is 13.1 Å². The Balaban J connectivity index is 2.35. The quantitative estimate of drug-likeness (QED) is 0.836. The minimum Gasteiger partial charge on any atom is -0.392 e. The highest BCUT2D eigenvalue weighted by Gasteiger charge is 2.25. The Labute approximate surface area is 119 Å². The number of benzene rings is 1. The Kier molecular flexibility index (Phi) is 4.23. The molecule has 1 aromatic carbocycles. The first-order chi connectivity index (χ1) is 8.95. The zero-order valence-electron chi connectivity index (χ0n) is 10.9. The van der Waals surface area contributed by atoms with E-state index in [1.807, 2.05) is 6.07 Å². The van der Waals surface area contributed by atoms with Gasteiger partial charge >= 0.3 is 0 Å². The summed E-state index contributed by atoms with van der Waals surface area (Å²) >= 11 is 4.81. The highest BCUT2D eigenvalue weighted by molar-refractivity contribution is 7.89. The monoisotopic (exact) mass is 298 g/mol. The van der Waals surface area contributed by atoms with E-state index in [2.05, 4.69) is 0 Å². The lowest BCUT2D eigenvalue weighted by molar-refractivity contribution is 0.468. The molecule has 0 saturated heterocycles. The van der Waals surface area contributed by atoms with Crippen LogP contribution in [0.3, 0.4) is 0 Å². The van der Waals surface area contributed by atoms with Crippen LogP contribution in [-0.2, 0) is 22.9 Å². The van der Waals surface area contributed by atoms with Gasteiger partial charge in [0.1, 0.15) is 0 Å². The molecule has 0 heterocycles. The summed E-state index contributed by atoms with van der Waals surface area (Å²) in [6.07, 6.45) is 3.10. The lowest BCUT2D eigenvalue weighted by atomic mass is 10.1. The van der Waals surface area contributed by atoms with Gasteiger partial charge in [-0.3, -0.25) is 0 Å². The standard InChI is InChI=1S/C13H18N2O2S2/c1-2-15(9-13(14)18)19(16,17)12-7-6-10-4-3-5-11(10)8-12/h6-8H,2-5,9H2,1H3,(H2,14,18). The number of nitrogens with two attached hydrogens (primary N) is 1. The molecule has 0 aliphatic heterocycles. The minimum atomic E-state index is -3.50. The Bertz CT molecular complexity index is 597. The molecule has 104 valence electrons. The van der Waals surface area contributed by atoms with Crippen molar-refractivity contribution in [2.45, 2.75) is 31.1 Å². The third-order valence-corrected chi connectivity index (χ3v) is 5.44. The van der Waals surface area contributed by atoms with Crippen LogP contribution in [0, 0.1) is 0 Å². The molecule has 0 bridgehead atoms. The van der Waals surface area contributed by atoms with Crippen molar-refractivity contribution in [3.63, 3.8) is 0 Å². The summed E-state index contributed by atoms with van der Waals surface area (Å²) < 4.78 is 26.3. The lowest BCUT2D eigenvalue weighted by Crippen LogP contribution is -2.37. The van der Waals surface area contributed by atoms with Gasteiger partial charge in [-0.15, -0.1) is 0 Å². The number of aryl methyl sites for hydroxylation is 2. The van der Waals surface area contributed by atoms with Crippen LogP contribution in [-0.4, -0.2) is 30.8 Å². The van der Waals surface area contributed by atoms with E-state index in [1.165, 1.54) is 9.87 Å².